The zero-order valence-electron chi connectivity index (χ0n) is 9.77. The Balaban J connectivity index is 2.22. The Hall–Kier alpha value is -0.0800. The van der Waals surface area contributed by atoms with Crippen molar-refractivity contribution in [1.29, 1.82) is 0 Å². The van der Waals surface area contributed by atoms with Gasteiger partial charge in [0, 0.05) is 20.2 Å². The summed E-state index contributed by atoms with van der Waals surface area (Å²) in [4.78, 5) is 0. The summed E-state index contributed by atoms with van der Waals surface area (Å²) >= 11 is 0. The molecule has 0 aromatic carbocycles. The van der Waals surface area contributed by atoms with Crippen LogP contribution in [-0.4, -0.2) is 26.8 Å². The van der Waals surface area contributed by atoms with Gasteiger partial charge in [-0.1, -0.05) is 26.2 Å². The Bertz CT molecular complexity index is 141. The first-order chi connectivity index (χ1) is 6.83. The maximum Gasteiger partial charge on any atom is 0.0587 e. The van der Waals surface area contributed by atoms with E-state index < -0.39 is 0 Å². The van der Waals surface area contributed by atoms with Crippen molar-refractivity contribution in [1.82, 2.24) is 5.32 Å². The molecule has 2 nitrogen and oxygen atoms in total. The maximum absolute atomic E-state index is 5.04. The molecule has 0 aromatic heterocycles. The normalized spacial score (nSPS) is 21.0. The molecule has 0 amide bonds. The lowest BCUT2D eigenvalue weighted by molar-refractivity contribution is 0.158. The van der Waals surface area contributed by atoms with Crippen LogP contribution in [0.5, 0.6) is 0 Å². The lowest BCUT2D eigenvalue weighted by Crippen LogP contribution is -2.36. The molecule has 0 unspecified atom stereocenters. The second kappa shape index (κ2) is 6.41. The van der Waals surface area contributed by atoms with Crippen molar-refractivity contribution >= 4 is 0 Å². The van der Waals surface area contributed by atoms with Crippen LogP contribution in [0.4, 0.5) is 0 Å². The van der Waals surface area contributed by atoms with Crippen LogP contribution < -0.4 is 5.32 Å². The number of rotatable bonds is 6. The molecular formula is C12H25NO. The molecule has 14 heavy (non-hydrogen) atoms. The van der Waals surface area contributed by atoms with E-state index in [9.17, 15) is 0 Å². The molecule has 1 rings (SSSR count). The van der Waals surface area contributed by atoms with E-state index in [1.807, 2.05) is 0 Å². The summed E-state index contributed by atoms with van der Waals surface area (Å²) in [6.07, 6.45) is 8.47. The topological polar surface area (TPSA) is 21.3 Å². The number of ether oxygens (including phenoxy) is 1. The van der Waals surface area contributed by atoms with E-state index in [1.54, 1.807) is 7.11 Å². The number of hydrogen-bond acceptors (Lipinski definition) is 2. The molecule has 0 heterocycles. The minimum atomic E-state index is 0.603. The highest BCUT2D eigenvalue weighted by Crippen LogP contribution is 2.38. The predicted molar refractivity (Wildman–Crippen MR) is 60.6 cm³/mol. The van der Waals surface area contributed by atoms with Crippen LogP contribution in [0.25, 0.3) is 0 Å². The Kier molecular flexibility index (Phi) is 5.49. The minimum absolute atomic E-state index is 0.603. The van der Waals surface area contributed by atoms with Gasteiger partial charge in [0.2, 0.25) is 0 Å². The third-order valence-electron chi connectivity index (χ3n) is 3.65. The zero-order chi connectivity index (χ0) is 10.3. The van der Waals surface area contributed by atoms with Crippen LogP contribution in [0, 0.1) is 5.41 Å². The van der Waals surface area contributed by atoms with Gasteiger partial charge in [0.15, 0.2) is 0 Å². The molecule has 0 bridgehead atoms. The molecule has 2 heteroatoms. The van der Waals surface area contributed by atoms with E-state index in [0.29, 0.717) is 5.41 Å². The number of nitrogens with one attached hydrogen (secondary N) is 1. The molecule has 0 aliphatic heterocycles. The van der Waals surface area contributed by atoms with Crippen LogP contribution >= 0.6 is 0 Å². The van der Waals surface area contributed by atoms with Crippen LogP contribution in [0.1, 0.15) is 45.4 Å². The Labute approximate surface area is 88.4 Å². The molecular weight excluding hydrogens is 174 g/mol. The van der Waals surface area contributed by atoms with Crippen molar-refractivity contribution in [2.24, 2.45) is 5.41 Å². The molecule has 84 valence electrons. The lowest BCUT2D eigenvalue weighted by Gasteiger charge is -2.36. The van der Waals surface area contributed by atoms with Crippen molar-refractivity contribution in [3.8, 4) is 0 Å². The monoisotopic (exact) mass is 199 g/mol. The first kappa shape index (κ1) is 12.0. The van der Waals surface area contributed by atoms with E-state index in [-0.39, 0.29) is 0 Å². The highest BCUT2D eigenvalue weighted by Gasteiger charge is 2.29. The summed E-state index contributed by atoms with van der Waals surface area (Å²) in [5, 5.41) is 3.52. The molecule has 1 fully saturated rings. The Morgan fingerprint density at radius 2 is 1.93 bits per heavy atom. The van der Waals surface area contributed by atoms with Gasteiger partial charge in [-0.2, -0.15) is 0 Å². The summed E-state index contributed by atoms with van der Waals surface area (Å²) in [5.41, 5.74) is 0.603. The lowest BCUT2D eigenvalue weighted by atomic mass is 9.72. The summed E-state index contributed by atoms with van der Waals surface area (Å²) in [7, 11) is 1.76. The van der Waals surface area contributed by atoms with Gasteiger partial charge >= 0.3 is 0 Å². The molecule has 0 aromatic rings. The highest BCUT2D eigenvalue weighted by molar-refractivity contribution is 4.83. The van der Waals surface area contributed by atoms with E-state index in [1.165, 1.54) is 45.1 Å². The number of hydrogen-bond donors (Lipinski definition) is 1. The van der Waals surface area contributed by atoms with E-state index in [4.69, 9.17) is 4.74 Å². The first-order valence-corrected chi connectivity index (χ1v) is 6.03. The van der Waals surface area contributed by atoms with Gasteiger partial charge < -0.3 is 10.1 Å². The molecule has 0 spiro atoms. The first-order valence-electron chi connectivity index (χ1n) is 6.03. The molecule has 1 saturated carbocycles. The SMILES string of the molecule is CCC1(CNCCOC)CCCCC1. The van der Waals surface area contributed by atoms with Crippen molar-refractivity contribution in [3.05, 3.63) is 0 Å². The second-order valence-corrected chi connectivity index (χ2v) is 4.58. The van der Waals surface area contributed by atoms with Crippen LogP contribution in [0.2, 0.25) is 0 Å². The standard InChI is InChI=1S/C12H25NO/c1-3-12(7-5-4-6-8-12)11-13-9-10-14-2/h13H,3-11H2,1-2H3. The summed E-state index contributed by atoms with van der Waals surface area (Å²) in [5.74, 6) is 0. The molecule has 1 aliphatic carbocycles. The van der Waals surface area contributed by atoms with E-state index in [0.717, 1.165) is 13.2 Å². The third kappa shape index (κ3) is 3.58. The van der Waals surface area contributed by atoms with Crippen molar-refractivity contribution in [3.63, 3.8) is 0 Å². The largest absolute Gasteiger partial charge is 0.383 e. The average Bonchev–Trinajstić information content (AvgIpc) is 2.26. The van der Waals surface area contributed by atoms with Crippen LogP contribution in [-0.2, 0) is 4.74 Å². The molecule has 0 radical (unpaired) electrons. The van der Waals surface area contributed by atoms with Gasteiger partial charge in [-0.25, -0.2) is 0 Å². The van der Waals surface area contributed by atoms with Gasteiger partial charge in [0.05, 0.1) is 6.61 Å². The van der Waals surface area contributed by atoms with Gasteiger partial charge in [-0.3, -0.25) is 0 Å². The Morgan fingerprint density at radius 3 is 2.50 bits per heavy atom. The fraction of sp³-hybridized carbons (Fsp3) is 1.00. The predicted octanol–water partition coefficient (Wildman–Crippen LogP) is 2.58. The summed E-state index contributed by atoms with van der Waals surface area (Å²) in [6, 6.07) is 0. The van der Waals surface area contributed by atoms with Gasteiger partial charge in [0.25, 0.3) is 0 Å². The molecule has 1 aliphatic rings. The van der Waals surface area contributed by atoms with Crippen molar-refractivity contribution in [2.75, 3.05) is 26.8 Å². The molecule has 0 atom stereocenters. The quantitative estimate of drug-likeness (QED) is 0.664. The molecule has 0 saturated heterocycles. The van der Waals surface area contributed by atoms with E-state index >= 15 is 0 Å². The van der Waals surface area contributed by atoms with Crippen LogP contribution in [0.15, 0.2) is 0 Å². The summed E-state index contributed by atoms with van der Waals surface area (Å²) < 4.78 is 5.04. The number of methoxy groups -OCH3 is 1. The smallest absolute Gasteiger partial charge is 0.0587 e. The van der Waals surface area contributed by atoms with Crippen molar-refractivity contribution in [2.45, 2.75) is 45.4 Å². The minimum Gasteiger partial charge on any atom is -0.383 e. The second-order valence-electron chi connectivity index (χ2n) is 4.58. The fourth-order valence-electron chi connectivity index (χ4n) is 2.48. The molecule has 1 N–H and O–H groups in total. The maximum atomic E-state index is 5.04. The fourth-order valence-corrected chi connectivity index (χ4v) is 2.48. The van der Waals surface area contributed by atoms with Gasteiger partial charge in [0.1, 0.15) is 0 Å². The summed E-state index contributed by atoms with van der Waals surface area (Å²) in [6.45, 7) is 5.36. The van der Waals surface area contributed by atoms with Gasteiger partial charge in [-0.15, -0.1) is 0 Å². The van der Waals surface area contributed by atoms with E-state index in [2.05, 4.69) is 12.2 Å². The van der Waals surface area contributed by atoms with Crippen molar-refractivity contribution < 1.29 is 4.74 Å². The third-order valence-corrected chi connectivity index (χ3v) is 3.65. The average molecular weight is 199 g/mol. The highest BCUT2D eigenvalue weighted by atomic mass is 16.5. The Morgan fingerprint density at radius 1 is 1.21 bits per heavy atom. The van der Waals surface area contributed by atoms with Gasteiger partial charge in [-0.05, 0) is 24.7 Å². The van der Waals surface area contributed by atoms with Crippen LogP contribution in [0.3, 0.4) is 0 Å². The zero-order valence-corrected chi connectivity index (χ0v) is 9.77.